The Bertz CT molecular complexity index is 453. The minimum Gasteiger partial charge on any atom is -0.497 e. The average Bonchev–Trinajstić information content (AvgIpc) is 3.30. The van der Waals surface area contributed by atoms with Crippen LogP contribution in [0.15, 0.2) is 24.3 Å². The number of carbonyl (C=O) groups excluding carboxylic acids is 1. The molecule has 1 aliphatic carbocycles. The number of amides is 1. The van der Waals surface area contributed by atoms with E-state index >= 15 is 0 Å². The molecule has 1 N–H and O–H groups in total. The summed E-state index contributed by atoms with van der Waals surface area (Å²) in [6.07, 6.45) is 3.05. The summed E-state index contributed by atoms with van der Waals surface area (Å²) in [5, 5.41) is 2.94. The van der Waals surface area contributed by atoms with Gasteiger partial charge in [0.15, 0.2) is 0 Å². The van der Waals surface area contributed by atoms with Crippen LogP contribution in [0, 0.1) is 5.92 Å². The van der Waals surface area contributed by atoms with Crippen LogP contribution in [0.2, 0.25) is 0 Å². The van der Waals surface area contributed by atoms with Gasteiger partial charge in [-0.2, -0.15) is 0 Å². The predicted octanol–water partition coefficient (Wildman–Crippen LogP) is 3.23. The van der Waals surface area contributed by atoms with Gasteiger partial charge in [-0.25, -0.2) is 0 Å². The Morgan fingerprint density at radius 1 is 1.35 bits per heavy atom. The van der Waals surface area contributed by atoms with E-state index in [2.05, 4.69) is 12.2 Å². The lowest BCUT2D eigenvalue weighted by Gasteiger charge is -2.28. The monoisotopic (exact) mass is 277 g/mol. The van der Waals surface area contributed by atoms with Crippen LogP contribution in [0.3, 0.4) is 0 Å². The summed E-state index contributed by atoms with van der Waals surface area (Å²) in [6, 6.07) is 7.34. The van der Waals surface area contributed by atoms with Crippen LogP contribution in [0.1, 0.15) is 33.1 Å². The van der Waals surface area contributed by atoms with E-state index in [1.165, 1.54) is 0 Å². The van der Waals surface area contributed by atoms with Crippen LogP contribution in [0.4, 0.5) is 5.69 Å². The lowest BCUT2D eigenvalue weighted by atomic mass is 9.98. The molecule has 0 aromatic heterocycles. The minimum atomic E-state index is -0.712. The molecule has 1 aromatic carbocycles. The summed E-state index contributed by atoms with van der Waals surface area (Å²) in [7, 11) is 1.62. The Labute approximate surface area is 120 Å². The molecule has 1 aromatic rings. The molecule has 1 fully saturated rings. The third-order valence-corrected chi connectivity index (χ3v) is 3.76. The number of methoxy groups -OCH3 is 1. The molecule has 0 aliphatic heterocycles. The Morgan fingerprint density at radius 3 is 2.50 bits per heavy atom. The fraction of sp³-hybridized carbons (Fsp3) is 0.562. The van der Waals surface area contributed by atoms with E-state index in [-0.39, 0.29) is 5.91 Å². The number of hydrogen-bond donors (Lipinski definition) is 1. The van der Waals surface area contributed by atoms with Crippen LogP contribution in [-0.2, 0) is 9.53 Å². The molecule has 2 rings (SSSR count). The highest BCUT2D eigenvalue weighted by atomic mass is 16.5. The number of ether oxygens (including phenoxy) is 2. The zero-order chi connectivity index (χ0) is 14.6. The zero-order valence-electron chi connectivity index (χ0n) is 12.4. The molecule has 4 nitrogen and oxygen atoms in total. The van der Waals surface area contributed by atoms with Crippen molar-refractivity contribution >= 4 is 11.6 Å². The first-order chi connectivity index (χ1) is 9.60. The number of anilines is 1. The zero-order valence-corrected chi connectivity index (χ0v) is 12.4. The van der Waals surface area contributed by atoms with E-state index in [0.29, 0.717) is 12.5 Å². The van der Waals surface area contributed by atoms with Crippen molar-refractivity contribution in [1.29, 1.82) is 0 Å². The second-order valence-electron chi connectivity index (χ2n) is 5.41. The number of benzene rings is 1. The van der Waals surface area contributed by atoms with Gasteiger partial charge in [0, 0.05) is 12.3 Å². The van der Waals surface area contributed by atoms with Gasteiger partial charge in [-0.3, -0.25) is 4.79 Å². The number of carbonyl (C=O) groups is 1. The van der Waals surface area contributed by atoms with Gasteiger partial charge in [-0.15, -0.1) is 0 Å². The highest BCUT2D eigenvalue weighted by Gasteiger charge is 2.48. The quantitative estimate of drug-likeness (QED) is 0.832. The van der Waals surface area contributed by atoms with Gasteiger partial charge in [-0.05, 0) is 56.4 Å². The molecule has 0 bridgehead atoms. The van der Waals surface area contributed by atoms with Crippen LogP contribution >= 0.6 is 0 Å². The maximum absolute atomic E-state index is 12.5. The van der Waals surface area contributed by atoms with Crippen LogP contribution in [-0.4, -0.2) is 25.2 Å². The summed E-state index contributed by atoms with van der Waals surface area (Å²) < 4.78 is 11.0. The van der Waals surface area contributed by atoms with Crippen molar-refractivity contribution in [3.05, 3.63) is 24.3 Å². The molecule has 110 valence electrons. The Kier molecular flexibility index (Phi) is 4.65. The lowest BCUT2D eigenvalue weighted by Crippen LogP contribution is -2.45. The smallest absolute Gasteiger partial charge is 0.256 e. The van der Waals surface area contributed by atoms with Crippen LogP contribution < -0.4 is 10.1 Å². The maximum atomic E-state index is 12.5. The highest BCUT2D eigenvalue weighted by molar-refractivity contribution is 5.97. The van der Waals surface area contributed by atoms with Crippen molar-refractivity contribution in [1.82, 2.24) is 0 Å². The van der Waals surface area contributed by atoms with E-state index < -0.39 is 5.60 Å². The second kappa shape index (κ2) is 6.27. The molecule has 0 heterocycles. The van der Waals surface area contributed by atoms with Crippen molar-refractivity contribution in [2.24, 2.45) is 5.92 Å². The third kappa shape index (κ3) is 3.31. The molecule has 4 heteroatoms. The van der Waals surface area contributed by atoms with Crippen molar-refractivity contribution in [2.75, 3.05) is 19.0 Å². The predicted molar refractivity (Wildman–Crippen MR) is 79.0 cm³/mol. The molecule has 1 amide bonds. The Morgan fingerprint density at radius 2 is 2.00 bits per heavy atom. The van der Waals surface area contributed by atoms with Gasteiger partial charge in [0.25, 0.3) is 5.91 Å². The summed E-state index contributed by atoms with van der Waals surface area (Å²) in [5.41, 5.74) is 0.0541. The standard InChI is InChI=1S/C16H23NO3/c1-4-11-20-16(2,12-5-6-12)15(18)17-13-7-9-14(19-3)10-8-13/h7-10,12H,4-6,11H2,1-3H3,(H,17,18). The fourth-order valence-electron chi connectivity index (χ4n) is 2.25. The van der Waals surface area contributed by atoms with E-state index in [1.54, 1.807) is 7.11 Å². The summed E-state index contributed by atoms with van der Waals surface area (Å²) >= 11 is 0. The summed E-state index contributed by atoms with van der Waals surface area (Å²) in [6.45, 7) is 4.57. The number of hydrogen-bond acceptors (Lipinski definition) is 3. The molecule has 1 atom stereocenters. The Balaban J connectivity index is 2.03. The lowest BCUT2D eigenvalue weighted by molar-refractivity contribution is -0.142. The number of rotatable bonds is 7. The SMILES string of the molecule is CCCOC(C)(C(=O)Nc1ccc(OC)cc1)C1CC1. The largest absolute Gasteiger partial charge is 0.497 e. The first-order valence-corrected chi connectivity index (χ1v) is 7.19. The first kappa shape index (κ1) is 14.9. The normalized spacial score (nSPS) is 17.4. The van der Waals surface area contributed by atoms with Gasteiger partial charge in [0.1, 0.15) is 11.4 Å². The van der Waals surface area contributed by atoms with E-state index in [1.807, 2.05) is 31.2 Å². The molecule has 1 unspecified atom stereocenters. The van der Waals surface area contributed by atoms with Crippen molar-refractivity contribution in [3.8, 4) is 5.75 Å². The fourth-order valence-corrected chi connectivity index (χ4v) is 2.25. The molecule has 1 saturated carbocycles. The summed E-state index contributed by atoms with van der Waals surface area (Å²) in [4.78, 5) is 12.5. The topological polar surface area (TPSA) is 47.6 Å². The van der Waals surface area contributed by atoms with Gasteiger partial charge in [0.05, 0.1) is 7.11 Å². The minimum absolute atomic E-state index is 0.0568. The molecule has 0 saturated heterocycles. The van der Waals surface area contributed by atoms with E-state index in [0.717, 1.165) is 30.7 Å². The number of nitrogens with one attached hydrogen (secondary N) is 1. The third-order valence-electron chi connectivity index (χ3n) is 3.76. The molecular formula is C16H23NO3. The highest BCUT2D eigenvalue weighted by Crippen LogP contribution is 2.42. The van der Waals surface area contributed by atoms with Crippen molar-refractivity contribution in [3.63, 3.8) is 0 Å². The molecule has 0 spiro atoms. The summed E-state index contributed by atoms with van der Waals surface area (Å²) in [5.74, 6) is 1.06. The Hall–Kier alpha value is -1.55. The van der Waals surface area contributed by atoms with Crippen molar-refractivity contribution in [2.45, 2.75) is 38.7 Å². The van der Waals surface area contributed by atoms with E-state index in [9.17, 15) is 4.79 Å². The molecule has 0 radical (unpaired) electrons. The van der Waals surface area contributed by atoms with Gasteiger partial charge in [-0.1, -0.05) is 6.92 Å². The van der Waals surface area contributed by atoms with Gasteiger partial charge >= 0.3 is 0 Å². The van der Waals surface area contributed by atoms with E-state index in [4.69, 9.17) is 9.47 Å². The molecule has 1 aliphatic rings. The maximum Gasteiger partial charge on any atom is 0.256 e. The van der Waals surface area contributed by atoms with Crippen LogP contribution in [0.25, 0.3) is 0 Å². The van der Waals surface area contributed by atoms with Gasteiger partial charge < -0.3 is 14.8 Å². The van der Waals surface area contributed by atoms with Gasteiger partial charge in [0.2, 0.25) is 0 Å². The molecule has 20 heavy (non-hydrogen) atoms. The second-order valence-corrected chi connectivity index (χ2v) is 5.41. The van der Waals surface area contributed by atoms with Crippen molar-refractivity contribution < 1.29 is 14.3 Å². The molecular weight excluding hydrogens is 254 g/mol. The average molecular weight is 277 g/mol. The first-order valence-electron chi connectivity index (χ1n) is 7.19. The van der Waals surface area contributed by atoms with Crippen LogP contribution in [0.5, 0.6) is 5.75 Å².